The van der Waals surface area contributed by atoms with Crippen molar-refractivity contribution >= 4 is 5.97 Å². The highest BCUT2D eigenvalue weighted by Gasteiger charge is 2.23. The molecule has 2 unspecified atom stereocenters. The minimum atomic E-state index is -0.616. The maximum atomic E-state index is 10.6. The molecular weight excluding hydrogens is 394 g/mol. The van der Waals surface area contributed by atoms with Crippen LogP contribution in [0.25, 0.3) is 0 Å². The molecule has 0 bridgehead atoms. The average molecular weight is 450 g/mol. The Morgan fingerprint density at radius 3 is 1.75 bits per heavy atom. The highest BCUT2D eigenvalue weighted by Crippen LogP contribution is 2.34. The van der Waals surface area contributed by atoms with Gasteiger partial charge in [-0.2, -0.15) is 0 Å². The van der Waals surface area contributed by atoms with Gasteiger partial charge in [-0.15, -0.1) is 0 Å². The Hall–Kier alpha value is -0.570. The number of hydrogen-bond acceptors (Lipinski definition) is 2. The molecule has 0 amide bonds. The Kier molecular flexibility index (Phi) is 15.4. The fourth-order valence-corrected chi connectivity index (χ4v) is 6.47. The first-order chi connectivity index (χ1) is 15.7. The topological polar surface area (TPSA) is 49.3 Å². The summed E-state index contributed by atoms with van der Waals surface area (Å²) in [6, 6.07) is 0. The molecular formula is C29H55NO2. The van der Waals surface area contributed by atoms with Gasteiger partial charge in [-0.1, -0.05) is 110 Å². The maximum absolute atomic E-state index is 10.6. The van der Waals surface area contributed by atoms with Crippen LogP contribution in [0.5, 0.6) is 0 Å². The molecule has 0 aromatic heterocycles. The smallest absolute Gasteiger partial charge is 0.303 e. The molecule has 3 heteroatoms. The summed E-state index contributed by atoms with van der Waals surface area (Å²) in [5, 5.41) is 12.4. The van der Waals surface area contributed by atoms with Gasteiger partial charge in [0.25, 0.3) is 0 Å². The summed E-state index contributed by atoms with van der Waals surface area (Å²) in [5.41, 5.74) is 0. The largest absolute Gasteiger partial charge is 0.481 e. The van der Waals surface area contributed by atoms with Gasteiger partial charge in [-0.05, 0) is 62.4 Å². The van der Waals surface area contributed by atoms with Crippen LogP contribution in [0.4, 0.5) is 0 Å². The molecule has 2 N–H and O–H groups in total. The van der Waals surface area contributed by atoms with E-state index >= 15 is 0 Å². The molecule has 3 saturated carbocycles. The van der Waals surface area contributed by atoms with Crippen LogP contribution in [-0.4, -0.2) is 24.2 Å². The molecule has 3 aliphatic rings. The zero-order valence-corrected chi connectivity index (χ0v) is 21.4. The van der Waals surface area contributed by atoms with Gasteiger partial charge in [0.1, 0.15) is 0 Å². The molecule has 3 nitrogen and oxygen atoms in total. The third kappa shape index (κ3) is 13.2. The average Bonchev–Trinajstić information content (AvgIpc) is 2.81. The van der Waals surface area contributed by atoms with Crippen molar-refractivity contribution < 1.29 is 9.90 Å². The molecule has 0 saturated heterocycles. The second-order valence-corrected chi connectivity index (χ2v) is 11.3. The summed E-state index contributed by atoms with van der Waals surface area (Å²) in [5.74, 6) is 2.75. The lowest BCUT2D eigenvalue weighted by molar-refractivity contribution is -0.138. The minimum Gasteiger partial charge on any atom is -0.481 e. The molecule has 3 rings (SSSR count). The predicted molar refractivity (Wildman–Crippen MR) is 137 cm³/mol. The SMILES string of the molecule is C1CCC(CCNCCC2CCCCC2)CC1.CCCCCC1CCCC(CC(=O)O)C1. The lowest BCUT2D eigenvalue weighted by atomic mass is 9.78. The van der Waals surface area contributed by atoms with Crippen molar-refractivity contribution in [2.24, 2.45) is 23.7 Å². The fourth-order valence-electron chi connectivity index (χ4n) is 6.47. The molecule has 2 atom stereocenters. The van der Waals surface area contributed by atoms with Gasteiger partial charge in [0.2, 0.25) is 0 Å². The summed E-state index contributed by atoms with van der Waals surface area (Å²) in [6.07, 6.45) is 28.4. The van der Waals surface area contributed by atoms with Crippen LogP contribution in [0.2, 0.25) is 0 Å². The van der Waals surface area contributed by atoms with Crippen LogP contribution < -0.4 is 5.32 Å². The van der Waals surface area contributed by atoms with Crippen LogP contribution in [-0.2, 0) is 4.79 Å². The predicted octanol–water partition coefficient (Wildman–Crippen LogP) is 8.36. The van der Waals surface area contributed by atoms with Crippen LogP contribution in [0.15, 0.2) is 0 Å². The number of unbranched alkanes of at least 4 members (excludes halogenated alkanes) is 2. The zero-order chi connectivity index (χ0) is 22.9. The normalized spacial score (nSPS) is 25.2. The standard InChI is InChI=1S/C16H31N.C13H24O2/c1-3-7-15(8-4-1)11-13-17-14-12-16-9-5-2-6-10-16;1-2-3-4-6-11-7-5-8-12(9-11)10-13(14)15/h15-17H,1-14H2;11-12H,2-10H2,1H3,(H,14,15). The van der Waals surface area contributed by atoms with E-state index in [-0.39, 0.29) is 0 Å². The van der Waals surface area contributed by atoms with E-state index in [9.17, 15) is 4.79 Å². The molecule has 0 heterocycles. The number of carboxylic acids is 1. The van der Waals surface area contributed by atoms with Gasteiger partial charge in [-0.3, -0.25) is 4.79 Å². The Morgan fingerprint density at radius 2 is 1.22 bits per heavy atom. The molecule has 0 aliphatic heterocycles. The lowest BCUT2D eigenvalue weighted by Gasteiger charge is -2.28. The number of hydrogen-bond donors (Lipinski definition) is 2. The molecule has 188 valence electrons. The van der Waals surface area contributed by atoms with E-state index in [0.29, 0.717) is 12.3 Å². The highest BCUT2D eigenvalue weighted by atomic mass is 16.4. The first kappa shape index (κ1) is 27.7. The lowest BCUT2D eigenvalue weighted by Crippen LogP contribution is -2.22. The van der Waals surface area contributed by atoms with Crippen LogP contribution in [0.1, 0.15) is 142 Å². The molecule has 0 spiro atoms. The van der Waals surface area contributed by atoms with Crippen LogP contribution in [0.3, 0.4) is 0 Å². The number of nitrogens with one attached hydrogen (secondary N) is 1. The van der Waals surface area contributed by atoms with Gasteiger partial charge < -0.3 is 10.4 Å². The van der Waals surface area contributed by atoms with Crippen molar-refractivity contribution in [2.75, 3.05) is 13.1 Å². The van der Waals surface area contributed by atoms with Crippen molar-refractivity contribution in [1.29, 1.82) is 0 Å². The van der Waals surface area contributed by atoms with E-state index < -0.39 is 5.97 Å². The summed E-state index contributed by atoms with van der Waals surface area (Å²) in [7, 11) is 0. The number of aliphatic carboxylic acids is 1. The van der Waals surface area contributed by atoms with Gasteiger partial charge in [0.05, 0.1) is 0 Å². The molecule has 0 radical (unpaired) electrons. The Bertz CT molecular complexity index is 434. The Labute approximate surface area is 199 Å². The van der Waals surface area contributed by atoms with E-state index in [2.05, 4.69) is 12.2 Å². The van der Waals surface area contributed by atoms with E-state index in [1.54, 1.807) is 0 Å². The quantitative estimate of drug-likeness (QED) is 0.294. The van der Waals surface area contributed by atoms with Gasteiger partial charge in [0, 0.05) is 6.42 Å². The van der Waals surface area contributed by atoms with E-state index in [1.807, 2.05) is 0 Å². The molecule has 3 aliphatic carbocycles. The first-order valence-corrected chi connectivity index (χ1v) is 14.6. The molecule has 32 heavy (non-hydrogen) atoms. The second-order valence-electron chi connectivity index (χ2n) is 11.3. The van der Waals surface area contributed by atoms with Gasteiger partial charge in [0.15, 0.2) is 0 Å². The molecule has 3 fully saturated rings. The van der Waals surface area contributed by atoms with Crippen molar-refractivity contribution in [2.45, 2.75) is 142 Å². The van der Waals surface area contributed by atoms with Crippen LogP contribution in [0, 0.1) is 23.7 Å². The van der Waals surface area contributed by atoms with Crippen molar-refractivity contribution in [3.63, 3.8) is 0 Å². The van der Waals surface area contributed by atoms with Crippen molar-refractivity contribution in [3.05, 3.63) is 0 Å². The summed E-state index contributed by atoms with van der Waals surface area (Å²) >= 11 is 0. The zero-order valence-electron chi connectivity index (χ0n) is 21.4. The first-order valence-electron chi connectivity index (χ1n) is 14.6. The Balaban J connectivity index is 0.000000229. The third-order valence-electron chi connectivity index (χ3n) is 8.48. The van der Waals surface area contributed by atoms with Gasteiger partial charge >= 0.3 is 5.97 Å². The minimum absolute atomic E-state index is 0.393. The summed E-state index contributed by atoms with van der Waals surface area (Å²) in [6.45, 7) is 4.78. The molecule has 0 aromatic rings. The monoisotopic (exact) mass is 449 g/mol. The summed E-state index contributed by atoms with van der Waals surface area (Å²) < 4.78 is 0. The second kappa shape index (κ2) is 17.8. The molecule has 0 aromatic carbocycles. The fraction of sp³-hybridized carbons (Fsp3) is 0.966. The third-order valence-corrected chi connectivity index (χ3v) is 8.48. The van der Waals surface area contributed by atoms with Crippen LogP contribution >= 0.6 is 0 Å². The number of carbonyl (C=O) groups is 1. The Morgan fingerprint density at radius 1 is 0.688 bits per heavy atom. The summed E-state index contributed by atoms with van der Waals surface area (Å²) in [4.78, 5) is 10.6. The van der Waals surface area contributed by atoms with Gasteiger partial charge in [-0.25, -0.2) is 0 Å². The van der Waals surface area contributed by atoms with E-state index in [4.69, 9.17) is 5.11 Å². The van der Waals surface area contributed by atoms with E-state index in [1.165, 1.54) is 129 Å². The number of rotatable bonds is 12. The maximum Gasteiger partial charge on any atom is 0.303 e. The number of carboxylic acid groups (broad SMARTS) is 1. The van der Waals surface area contributed by atoms with Crippen molar-refractivity contribution in [1.82, 2.24) is 5.32 Å². The highest BCUT2D eigenvalue weighted by molar-refractivity contribution is 5.67. The van der Waals surface area contributed by atoms with Crippen molar-refractivity contribution in [3.8, 4) is 0 Å². The van der Waals surface area contributed by atoms with E-state index in [0.717, 1.165) is 30.6 Å².